The highest BCUT2D eigenvalue weighted by molar-refractivity contribution is 5.99. The Morgan fingerprint density at radius 3 is 2.67 bits per heavy atom. The highest BCUT2D eigenvalue weighted by Crippen LogP contribution is 2.41. The molecule has 0 bridgehead atoms. The molecule has 7 heteroatoms. The number of amides is 1. The molecule has 1 N–H and O–H groups in total. The molecule has 0 aromatic heterocycles. The Morgan fingerprint density at radius 1 is 1.33 bits per heavy atom. The predicted molar refractivity (Wildman–Crippen MR) is 74.8 cm³/mol. The van der Waals surface area contributed by atoms with Gasteiger partial charge in [0.25, 0.3) is 5.91 Å². The number of fused-ring (bicyclic) bond motifs is 3. The summed E-state index contributed by atoms with van der Waals surface area (Å²) in [5.74, 6) is -0.551. The standard InChI is InChI=1S/C14H15F3N2O.ClH/c1-2-19-11-7-18-6-9(11)8-4-3-5-10(14(15,16)17)12(8)13(19)20;/h3-5,9,11,18H,2,6-7H2,1H3;1H/t9-,11-;/m0./s1. The third-order valence-electron chi connectivity index (χ3n) is 4.20. The SMILES string of the molecule is CCN1C(=O)c2c(cccc2C(F)(F)F)[C@@H]2CNC[C@@H]21.Cl. The van der Waals surface area contributed by atoms with Crippen LogP contribution >= 0.6 is 12.4 Å². The van der Waals surface area contributed by atoms with Gasteiger partial charge in [-0.25, -0.2) is 0 Å². The Labute approximate surface area is 126 Å². The molecule has 3 rings (SSSR count). The zero-order chi connectivity index (χ0) is 14.5. The van der Waals surface area contributed by atoms with E-state index in [0.717, 1.165) is 6.07 Å². The first-order valence-electron chi connectivity index (χ1n) is 6.67. The van der Waals surface area contributed by atoms with Crippen molar-refractivity contribution in [2.75, 3.05) is 19.6 Å². The van der Waals surface area contributed by atoms with Crippen molar-refractivity contribution in [2.45, 2.75) is 25.1 Å². The molecule has 1 aromatic rings. The summed E-state index contributed by atoms with van der Waals surface area (Å²) in [6.07, 6.45) is -4.50. The Hall–Kier alpha value is -1.27. The van der Waals surface area contributed by atoms with Gasteiger partial charge in [-0.1, -0.05) is 12.1 Å². The first-order valence-corrected chi connectivity index (χ1v) is 6.67. The summed E-state index contributed by atoms with van der Waals surface area (Å²) in [6, 6.07) is 4.00. The maximum atomic E-state index is 13.1. The summed E-state index contributed by atoms with van der Waals surface area (Å²) in [7, 11) is 0. The quantitative estimate of drug-likeness (QED) is 0.863. The molecule has 1 aromatic carbocycles. The zero-order valence-electron chi connectivity index (χ0n) is 11.4. The number of nitrogens with zero attached hydrogens (tertiary/aromatic N) is 1. The van der Waals surface area contributed by atoms with E-state index in [2.05, 4.69) is 5.32 Å². The minimum Gasteiger partial charge on any atom is -0.334 e. The van der Waals surface area contributed by atoms with Gasteiger partial charge in [0.2, 0.25) is 0 Å². The van der Waals surface area contributed by atoms with Crippen molar-refractivity contribution in [1.82, 2.24) is 10.2 Å². The van der Waals surface area contributed by atoms with E-state index in [1.165, 1.54) is 6.07 Å². The number of nitrogens with one attached hydrogen (secondary N) is 1. The van der Waals surface area contributed by atoms with Crippen molar-refractivity contribution in [3.63, 3.8) is 0 Å². The number of rotatable bonds is 1. The zero-order valence-corrected chi connectivity index (χ0v) is 12.2. The summed E-state index contributed by atoms with van der Waals surface area (Å²) < 4.78 is 39.4. The maximum Gasteiger partial charge on any atom is 0.417 e. The van der Waals surface area contributed by atoms with E-state index in [1.807, 2.05) is 0 Å². The van der Waals surface area contributed by atoms with Gasteiger partial charge in [-0.2, -0.15) is 13.2 Å². The lowest BCUT2D eigenvalue weighted by Gasteiger charge is -2.38. The van der Waals surface area contributed by atoms with E-state index >= 15 is 0 Å². The number of likely N-dealkylation sites (N-methyl/N-ethyl adjacent to an activating group) is 1. The predicted octanol–water partition coefficient (Wildman–Crippen LogP) is 2.66. The van der Waals surface area contributed by atoms with Crippen molar-refractivity contribution in [3.05, 3.63) is 34.9 Å². The molecule has 1 saturated heterocycles. The van der Waals surface area contributed by atoms with Crippen LogP contribution in [0, 0.1) is 0 Å². The molecular weight excluding hydrogens is 305 g/mol. The smallest absolute Gasteiger partial charge is 0.334 e. The van der Waals surface area contributed by atoms with Crippen molar-refractivity contribution in [3.8, 4) is 0 Å². The first kappa shape index (κ1) is 16.1. The van der Waals surface area contributed by atoms with Gasteiger partial charge < -0.3 is 10.2 Å². The number of hydrogen-bond donors (Lipinski definition) is 1. The molecule has 21 heavy (non-hydrogen) atoms. The second-order valence-corrected chi connectivity index (χ2v) is 5.19. The Kier molecular flexibility index (Phi) is 4.22. The van der Waals surface area contributed by atoms with Gasteiger partial charge in [0.1, 0.15) is 0 Å². The summed E-state index contributed by atoms with van der Waals surface area (Å²) in [6.45, 7) is 3.48. The van der Waals surface area contributed by atoms with Gasteiger partial charge in [-0.3, -0.25) is 4.79 Å². The first-order chi connectivity index (χ1) is 9.45. The lowest BCUT2D eigenvalue weighted by Crippen LogP contribution is -2.48. The van der Waals surface area contributed by atoms with Crippen LogP contribution in [-0.4, -0.2) is 36.5 Å². The minimum absolute atomic E-state index is 0. The molecule has 1 fully saturated rings. The molecule has 0 unspecified atom stereocenters. The average Bonchev–Trinajstić information content (AvgIpc) is 2.87. The van der Waals surface area contributed by atoms with E-state index in [0.29, 0.717) is 25.2 Å². The van der Waals surface area contributed by atoms with E-state index < -0.39 is 17.6 Å². The van der Waals surface area contributed by atoms with Crippen LogP contribution in [0.3, 0.4) is 0 Å². The largest absolute Gasteiger partial charge is 0.417 e. The van der Waals surface area contributed by atoms with Crippen LogP contribution in [-0.2, 0) is 6.18 Å². The number of carbonyl (C=O) groups is 1. The molecule has 0 radical (unpaired) electrons. The second-order valence-electron chi connectivity index (χ2n) is 5.19. The van der Waals surface area contributed by atoms with Crippen LogP contribution in [0.15, 0.2) is 18.2 Å². The molecule has 0 saturated carbocycles. The van der Waals surface area contributed by atoms with E-state index in [1.54, 1.807) is 17.9 Å². The molecule has 2 aliphatic heterocycles. The third kappa shape index (κ3) is 2.40. The minimum atomic E-state index is -4.50. The number of carbonyl (C=O) groups excluding carboxylic acids is 1. The Bertz CT molecular complexity index is 562. The molecule has 1 amide bonds. The van der Waals surface area contributed by atoms with Crippen molar-refractivity contribution in [1.29, 1.82) is 0 Å². The fourth-order valence-electron chi connectivity index (χ4n) is 3.34. The van der Waals surface area contributed by atoms with Crippen LogP contribution in [0.5, 0.6) is 0 Å². The molecule has 0 aliphatic carbocycles. The van der Waals surface area contributed by atoms with Gasteiger partial charge >= 0.3 is 6.18 Å². The van der Waals surface area contributed by atoms with Gasteiger partial charge in [-0.05, 0) is 18.6 Å². The maximum absolute atomic E-state index is 13.1. The monoisotopic (exact) mass is 320 g/mol. The van der Waals surface area contributed by atoms with Gasteiger partial charge in [-0.15, -0.1) is 12.4 Å². The fourth-order valence-corrected chi connectivity index (χ4v) is 3.34. The highest BCUT2D eigenvalue weighted by atomic mass is 35.5. The number of benzene rings is 1. The number of hydrogen-bond acceptors (Lipinski definition) is 2. The summed E-state index contributed by atoms with van der Waals surface area (Å²) in [5, 5.41) is 3.17. The van der Waals surface area contributed by atoms with Gasteiger partial charge in [0.05, 0.1) is 17.2 Å². The van der Waals surface area contributed by atoms with E-state index in [-0.39, 0.29) is 29.9 Å². The molecule has 3 nitrogen and oxygen atoms in total. The van der Waals surface area contributed by atoms with E-state index in [9.17, 15) is 18.0 Å². The normalized spacial score (nSPS) is 24.4. The van der Waals surface area contributed by atoms with Crippen molar-refractivity contribution < 1.29 is 18.0 Å². The molecule has 2 heterocycles. The van der Waals surface area contributed by atoms with Crippen LogP contribution in [0.1, 0.15) is 34.3 Å². The number of alkyl halides is 3. The van der Waals surface area contributed by atoms with Gasteiger partial charge in [0.15, 0.2) is 0 Å². The summed E-state index contributed by atoms with van der Waals surface area (Å²) in [5.41, 5.74) is -0.444. The molecular formula is C14H16ClF3N2O. The summed E-state index contributed by atoms with van der Waals surface area (Å²) in [4.78, 5) is 14.0. The van der Waals surface area contributed by atoms with Crippen molar-refractivity contribution >= 4 is 18.3 Å². The summed E-state index contributed by atoms with van der Waals surface area (Å²) >= 11 is 0. The molecule has 0 spiro atoms. The van der Waals surface area contributed by atoms with Crippen LogP contribution in [0.4, 0.5) is 13.2 Å². The Balaban J connectivity index is 0.00000161. The van der Waals surface area contributed by atoms with Crippen molar-refractivity contribution in [2.24, 2.45) is 0 Å². The fraction of sp³-hybridized carbons (Fsp3) is 0.500. The van der Waals surface area contributed by atoms with Crippen LogP contribution in [0.25, 0.3) is 0 Å². The average molecular weight is 321 g/mol. The molecule has 2 aliphatic rings. The van der Waals surface area contributed by atoms with E-state index in [4.69, 9.17) is 0 Å². The van der Waals surface area contributed by atoms with Gasteiger partial charge in [0, 0.05) is 25.6 Å². The molecule has 116 valence electrons. The topological polar surface area (TPSA) is 32.3 Å². The Morgan fingerprint density at radius 2 is 2.05 bits per heavy atom. The number of halogens is 4. The third-order valence-corrected chi connectivity index (χ3v) is 4.20. The molecule has 2 atom stereocenters. The lowest BCUT2D eigenvalue weighted by molar-refractivity contribution is -0.138. The highest BCUT2D eigenvalue weighted by Gasteiger charge is 2.46. The second kappa shape index (κ2) is 5.50. The van der Waals surface area contributed by atoms with Crippen LogP contribution in [0.2, 0.25) is 0 Å². The van der Waals surface area contributed by atoms with Crippen LogP contribution < -0.4 is 5.32 Å². The lowest BCUT2D eigenvalue weighted by atomic mass is 9.82.